The van der Waals surface area contributed by atoms with Crippen LogP contribution in [0.3, 0.4) is 0 Å². The van der Waals surface area contributed by atoms with Gasteiger partial charge in [-0.15, -0.1) is 0 Å². The number of halogens is 1. The van der Waals surface area contributed by atoms with Gasteiger partial charge in [-0.1, -0.05) is 0 Å². The van der Waals surface area contributed by atoms with Crippen molar-refractivity contribution < 1.29 is 27.1 Å². The van der Waals surface area contributed by atoms with Crippen LogP contribution in [-0.4, -0.2) is 38.4 Å². The Morgan fingerprint density at radius 2 is 1.75 bits per heavy atom. The number of nitrogens with zero attached hydrogens (tertiary/aromatic N) is 2. The Hall–Kier alpha value is -3.79. The van der Waals surface area contributed by atoms with E-state index >= 15 is 0 Å². The molecule has 0 aliphatic carbocycles. The fraction of sp³-hybridized carbons (Fsp3) is 0.136. The van der Waals surface area contributed by atoms with Crippen LogP contribution in [0.1, 0.15) is 17.3 Å². The molecule has 3 aromatic rings. The number of nitrogens with one attached hydrogen (secondary N) is 1. The summed E-state index contributed by atoms with van der Waals surface area (Å²) in [5.74, 6) is -1.67. The highest BCUT2D eigenvalue weighted by atomic mass is 32.2. The molecule has 1 amide bonds. The van der Waals surface area contributed by atoms with Gasteiger partial charge in [-0.25, -0.2) is 17.6 Å². The van der Waals surface area contributed by atoms with Crippen molar-refractivity contribution in [1.29, 1.82) is 0 Å². The van der Waals surface area contributed by atoms with Gasteiger partial charge < -0.3 is 10.1 Å². The van der Waals surface area contributed by atoms with Gasteiger partial charge in [0.15, 0.2) is 0 Å². The number of anilines is 2. The Labute approximate surface area is 184 Å². The normalized spacial score (nSPS) is 10.9. The second-order valence-corrected chi connectivity index (χ2v) is 8.39. The van der Waals surface area contributed by atoms with Crippen LogP contribution < -0.4 is 9.62 Å². The molecule has 0 radical (unpaired) electrons. The van der Waals surface area contributed by atoms with E-state index in [9.17, 15) is 22.4 Å². The molecule has 0 aliphatic heterocycles. The van der Waals surface area contributed by atoms with Crippen LogP contribution in [0.25, 0.3) is 0 Å². The van der Waals surface area contributed by atoms with Gasteiger partial charge in [0.2, 0.25) is 5.91 Å². The summed E-state index contributed by atoms with van der Waals surface area (Å²) in [6.07, 6.45) is 2.59. The van der Waals surface area contributed by atoms with Crippen LogP contribution in [0, 0.1) is 5.82 Å². The molecule has 0 spiro atoms. The lowest BCUT2D eigenvalue weighted by Crippen LogP contribution is -2.38. The first-order chi connectivity index (χ1) is 15.3. The van der Waals surface area contributed by atoms with E-state index in [0.717, 1.165) is 22.6 Å². The first kappa shape index (κ1) is 22.9. The van der Waals surface area contributed by atoms with Gasteiger partial charge in [0, 0.05) is 18.1 Å². The van der Waals surface area contributed by atoms with E-state index in [2.05, 4.69) is 10.3 Å². The zero-order valence-corrected chi connectivity index (χ0v) is 17.9. The van der Waals surface area contributed by atoms with Crippen molar-refractivity contribution in [3.8, 4) is 0 Å². The van der Waals surface area contributed by atoms with Crippen LogP contribution in [-0.2, 0) is 19.6 Å². The molecule has 1 heterocycles. The fourth-order valence-electron chi connectivity index (χ4n) is 2.78. The number of hydrogen-bond donors (Lipinski definition) is 1. The number of carbonyl (C=O) groups excluding carboxylic acids is 2. The molecule has 0 atom stereocenters. The van der Waals surface area contributed by atoms with Crippen molar-refractivity contribution in [2.45, 2.75) is 11.8 Å². The molecule has 0 saturated carbocycles. The second-order valence-electron chi connectivity index (χ2n) is 6.52. The number of sulfonamides is 1. The number of ether oxygens (including phenoxy) is 1. The minimum Gasteiger partial charge on any atom is -0.462 e. The summed E-state index contributed by atoms with van der Waals surface area (Å²) >= 11 is 0. The van der Waals surface area contributed by atoms with Crippen molar-refractivity contribution in [3.05, 3.63) is 84.4 Å². The first-order valence-corrected chi connectivity index (χ1v) is 11.0. The van der Waals surface area contributed by atoms with Gasteiger partial charge in [-0.3, -0.25) is 14.1 Å². The summed E-state index contributed by atoms with van der Waals surface area (Å²) < 4.78 is 45.4. The summed E-state index contributed by atoms with van der Waals surface area (Å²) in [5, 5.41) is 2.59. The van der Waals surface area contributed by atoms with Gasteiger partial charge in [0.1, 0.15) is 17.3 Å². The Kier molecular flexibility index (Phi) is 7.16. The number of carbonyl (C=O) groups is 2. The standard InChI is InChI=1S/C22H20FN3O5S/c1-2-31-22(28)16-5-9-18(10-6-16)25-21(27)15-26(19-11-7-17(23)8-12-19)32(29,30)20-4-3-13-24-14-20/h3-14H,2,15H2,1H3,(H,25,27). The van der Waals surface area contributed by atoms with E-state index in [1.54, 1.807) is 6.92 Å². The van der Waals surface area contributed by atoms with Crippen molar-refractivity contribution in [1.82, 2.24) is 4.98 Å². The molecule has 2 aromatic carbocycles. The third-order valence-corrected chi connectivity index (χ3v) is 6.06. The highest BCUT2D eigenvalue weighted by Crippen LogP contribution is 2.23. The van der Waals surface area contributed by atoms with Crippen LogP contribution >= 0.6 is 0 Å². The number of hydrogen-bond acceptors (Lipinski definition) is 6. The van der Waals surface area contributed by atoms with Gasteiger partial charge in [0.25, 0.3) is 10.0 Å². The Morgan fingerprint density at radius 3 is 2.34 bits per heavy atom. The maximum absolute atomic E-state index is 13.4. The molecule has 0 fully saturated rings. The van der Waals surface area contributed by atoms with E-state index in [1.165, 1.54) is 54.7 Å². The highest BCUT2D eigenvalue weighted by Gasteiger charge is 2.27. The van der Waals surface area contributed by atoms with Crippen LogP contribution in [0.4, 0.5) is 15.8 Å². The number of esters is 1. The minimum atomic E-state index is -4.15. The maximum Gasteiger partial charge on any atom is 0.338 e. The highest BCUT2D eigenvalue weighted by molar-refractivity contribution is 7.92. The second kappa shape index (κ2) is 10.0. The van der Waals surface area contributed by atoms with E-state index in [0.29, 0.717) is 11.3 Å². The van der Waals surface area contributed by atoms with Crippen molar-refractivity contribution in [3.63, 3.8) is 0 Å². The van der Waals surface area contributed by atoms with E-state index in [-0.39, 0.29) is 17.2 Å². The molecule has 32 heavy (non-hydrogen) atoms. The third kappa shape index (κ3) is 5.46. The molecule has 0 bridgehead atoms. The molecular weight excluding hydrogens is 437 g/mol. The summed E-state index contributed by atoms with van der Waals surface area (Å²) in [5.41, 5.74) is 0.792. The molecule has 8 nitrogen and oxygen atoms in total. The van der Waals surface area contributed by atoms with Crippen LogP contribution in [0.5, 0.6) is 0 Å². The monoisotopic (exact) mass is 457 g/mol. The Balaban J connectivity index is 1.83. The van der Waals surface area contributed by atoms with Gasteiger partial charge in [-0.05, 0) is 67.6 Å². The SMILES string of the molecule is CCOC(=O)c1ccc(NC(=O)CN(c2ccc(F)cc2)S(=O)(=O)c2cccnc2)cc1. The number of amides is 1. The zero-order chi connectivity index (χ0) is 23.1. The predicted molar refractivity (Wildman–Crippen MR) is 116 cm³/mol. The van der Waals surface area contributed by atoms with E-state index in [1.807, 2.05) is 0 Å². The average molecular weight is 457 g/mol. The van der Waals surface area contributed by atoms with E-state index < -0.39 is 34.3 Å². The molecule has 1 aromatic heterocycles. The topological polar surface area (TPSA) is 106 Å². The number of benzene rings is 2. The molecular formula is C22H20FN3O5S. The quantitative estimate of drug-likeness (QED) is 0.521. The van der Waals surface area contributed by atoms with Crippen molar-refractivity contribution in [2.75, 3.05) is 22.8 Å². The van der Waals surface area contributed by atoms with Crippen LogP contribution in [0.2, 0.25) is 0 Å². The molecule has 10 heteroatoms. The molecule has 0 unspecified atom stereocenters. The largest absolute Gasteiger partial charge is 0.462 e. The number of pyridine rings is 1. The summed E-state index contributed by atoms with van der Waals surface area (Å²) in [6.45, 7) is 1.36. The van der Waals surface area contributed by atoms with Crippen molar-refractivity contribution in [2.24, 2.45) is 0 Å². The lowest BCUT2D eigenvalue weighted by Gasteiger charge is -2.24. The number of aromatic nitrogens is 1. The molecule has 1 N–H and O–H groups in total. The molecule has 0 saturated heterocycles. The molecule has 166 valence electrons. The molecule has 0 aliphatic rings. The lowest BCUT2D eigenvalue weighted by atomic mass is 10.2. The lowest BCUT2D eigenvalue weighted by molar-refractivity contribution is -0.114. The first-order valence-electron chi connectivity index (χ1n) is 9.56. The van der Waals surface area contributed by atoms with Gasteiger partial charge >= 0.3 is 5.97 Å². The van der Waals surface area contributed by atoms with Crippen molar-refractivity contribution >= 4 is 33.3 Å². The van der Waals surface area contributed by atoms with Crippen LogP contribution in [0.15, 0.2) is 78.0 Å². The minimum absolute atomic E-state index is 0.114. The van der Waals surface area contributed by atoms with E-state index in [4.69, 9.17) is 4.74 Å². The zero-order valence-electron chi connectivity index (χ0n) is 17.1. The Bertz CT molecular complexity index is 1180. The average Bonchev–Trinajstić information content (AvgIpc) is 2.79. The summed E-state index contributed by atoms with van der Waals surface area (Å²) in [7, 11) is -4.15. The number of rotatable bonds is 8. The van der Waals surface area contributed by atoms with Gasteiger partial charge in [0.05, 0.1) is 17.9 Å². The maximum atomic E-state index is 13.4. The van der Waals surface area contributed by atoms with Gasteiger partial charge in [-0.2, -0.15) is 0 Å². The smallest absolute Gasteiger partial charge is 0.338 e. The fourth-order valence-corrected chi connectivity index (χ4v) is 4.17. The Morgan fingerprint density at radius 1 is 1.06 bits per heavy atom. The molecule has 3 rings (SSSR count). The summed E-state index contributed by atoms with van der Waals surface area (Å²) in [6, 6.07) is 13.5. The summed E-state index contributed by atoms with van der Waals surface area (Å²) in [4.78, 5) is 28.1. The predicted octanol–water partition coefficient (Wildman–Crippen LogP) is 3.23. The third-order valence-electron chi connectivity index (χ3n) is 4.30.